The molecule has 0 saturated heterocycles. The van der Waals surface area contributed by atoms with Crippen LogP contribution in [0.25, 0.3) is 0 Å². The Morgan fingerprint density at radius 1 is 1.60 bits per heavy atom. The molecular weight excluding hydrogens is 208 g/mol. The molecule has 0 aromatic carbocycles. The zero-order chi connectivity index (χ0) is 11.3. The van der Waals surface area contributed by atoms with Crippen molar-refractivity contribution < 1.29 is 5.11 Å². The third-order valence-corrected chi connectivity index (χ3v) is 3.01. The maximum absolute atomic E-state index is 8.80. The first-order valence-electron chi connectivity index (χ1n) is 4.82. The summed E-state index contributed by atoms with van der Waals surface area (Å²) in [5, 5.41) is 18.8. The van der Waals surface area contributed by atoms with Gasteiger partial charge in [0.15, 0.2) is 0 Å². The fourth-order valence-corrected chi connectivity index (χ4v) is 2.24. The van der Waals surface area contributed by atoms with E-state index < -0.39 is 0 Å². The number of hydrogen-bond donors (Lipinski definition) is 1. The highest BCUT2D eigenvalue weighted by Gasteiger charge is 2.06. The highest BCUT2D eigenvalue weighted by molar-refractivity contribution is 7.99. The monoisotopic (exact) mass is 222 g/mol. The van der Waals surface area contributed by atoms with Crippen molar-refractivity contribution in [2.75, 3.05) is 6.61 Å². The summed E-state index contributed by atoms with van der Waals surface area (Å²) in [4.78, 5) is 4.33. The van der Waals surface area contributed by atoms with Crippen molar-refractivity contribution in [2.24, 2.45) is 0 Å². The van der Waals surface area contributed by atoms with Gasteiger partial charge in [-0.15, -0.1) is 11.8 Å². The van der Waals surface area contributed by atoms with E-state index in [0.29, 0.717) is 10.8 Å². The molecule has 0 fully saturated rings. The number of aromatic nitrogens is 1. The summed E-state index contributed by atoms with van der Waals surface area (Å²) in [7, 11) is 0. The smallest absolute Gasteiger partial charge is 0.0993 e. The number of nitriles is 1. The molecular formula is C11H14N2OS. The largest absolute Gasteiger partial charge is 0.396 e. The Balaban J connectivity index is 2.77. The second-order valence-electron chi connectivity index (χ2n) is 3.39. The molecule has 15 heavy (non-hydrogen) atoms. The van der Waals surface area contributed by atoms with Crippen molar-refractivity contribution in [1.29, 1.82) is 5.26 Å². The number of aliphatic hydroxyl groups is 1. The van der Waals surface area contributed by atoms with Crippen LogP contribution in [0.4, 0.5) is 0 Å². The lowest BCUT2D eigenvalue weighted by molar-refractivity contribution is 0.289. The van der Waals surface area contributed by atoms with E-state index in [-0.39, 0.29) is 6.61 Å². The van der Waals surface area contributed by atoms with E-state index in [0.717, 1.165) is 17.1 Å². The van der Waals surface area contributed by atoms with Gasteiger partial charge >= 0.3 is 0 Å². The molecule has 1 heterocycles. The minimum absolute atomic E-state index is 0.186. The Morgan fingerprint density at radius 3 is 2.93 bits per heavy atom. The summed E-state index contributed by atoms with van der Waals surface area (Å²) in [6, 6.07) is 5.66. The lowest BCUT2D eigenvalue weighted by Gasteiger charge is -2.09. The molecule has 4 heteroatoms. The molecule has 0 bridgehead atoms. The first-order valence-corrected chi connectivity index (χ1v) is 5.70. The minimum atomic E-state index is 0.186. The second-order valence-corrected chi connectivity index (χ2v) is 4.85. The highest BCUT2D eigenvalue weighted by atomic mass is 32.2. The summed E-state index contributed by atoms with van der Waals surface area (Å²) in [5.74, 6) is 0. The summed E-state index contributed by atoms with van der Waals surface area (Å²) < 4.78 is 0. The fraction of sp³-hybridized carbons (Fsp3) is 0.455. The van der Waals surface area contributed by atoms with Crippen LogP contribution in [0.1, 0.15) is 24.6 Å². The molecule has 0 aliphatic rings. The molecule has 1 N–H and O–H groups in total. The quantitative estimate of drug-likeness (QED) is 0.793. The average Bonchev–Trinajstić information content (AvgIpc) is 2.17. The van der Waals surface area contributed by atoms with Gasteiger partial charge in [0.25, 0.3) is 0 Å². The van der Waals surface area contributed by atoms with Crippen LogP contribution < -0.4 is 0 Å². The van der Waals surface area contributed by atoms with Gasteiger partial charge in [-0.1, -0.05) is 6.92 Å². The first-order chi connectivity index (χ1) is 7.15. The van der Waals surface area contributed by atoms with Crippen LogP contribution in [0.2, 0.25) is 0 Å². The summed E-state index contributed by atoms with van der Waals surface area (Å²) in [6.45, 7) is 4.10. The third kappa shape index (κ3) is 3.90. The molecule has 1 aromatic heterocycles. The Hall–Kier alpha value is -1.05. The van der Waals surface area contributed by atoms with Gasteiger partial charge in [0.1, 0.15) is 0 Å². The first kappa shape index (κ1) is 12.0. The van der Waals surface area contributed by atoms with E-state index >= 15 is 0 Å². The molecule has 80 valence electrons. The van der Waals surface area contributed by atoms with Crippen molar-refractivity contribution in [1.82, 2.24) is 4.98 Å². The third-order valence-electron chi connectivity index (χ3n) is 1.92. The van der Waals surface area contributed by atoms with Gasteiger partial charge in [-0.25, -0.2) is 4.98 Å². The zero-order valence-corrected chi connectivity index (χ0v) is 9.71. The lowest BCUT2D eigenvalue weighted by atomic mass is 10.2. The predicted molar refractivity (Wildman–Crippen MR) is 60.7 cm³/mol. The molecule has 1 aromatic rings. The van der Waals surface area contributed by atoms with Gasteiger partial charge < -0.3 is 5.11 Å². The number of hydrogen-bond acceptors (Lipinski definition) is 4. The van der Waals surface area contributed by atoms with Crippen LogP contribution in [-0.2, 0) is 0 Å². The van der Waals surface area contributed by atoms with Crippen LogP contribution in [0.15, 0.2) is 17.2 Å². The topological polar surface area (TPSA) is 56.9 Å². The number of pyridine rings is 1. The molecule has 1 unspecified atom stereocenters. The molecule has 0 radical (unpaired) electrons. The Bertz CT molecular complexity index is 373. The van der Waals surface area contributed by atoms with Crippen LogP contribution in [-0.4, -0.2) is 21.9 Å². The molecule has 3 nitrogen and oxygen atoms in total. The van der Waals surface area contributed by atoms with Crippen molar-refractivity contribution >= 4 is 11.8 Å². The van der Waals surface area contributed by atoms with Crippen molar-refractivity contribution in [2.45, 2.75) is 30.5 Å². The Kier molecular flexibility index (Phi) is 4.60. The number of rotatable bonds is 4. The van der Waals surface area contributed by atoms with Gasteiger partial charge in [0.05, 0.1) is 16.7 Å². The molecule has 0 amide bonds. The molecule has 0 aliphatic carbocycles. The van der Waals surface area contributed by atoms with E-state index in [1.54, 1.807) is 23.9 Å². The van der Waals surface area contributed by atoms with Gasteiger partial charge in [-0.3, -0.25) is 0 Å². The molecule has 1 rings (SSSR count). The van der Waals surface area contributed by atoms with Crippen molar-refractivity contribution in [3.8, 4) is 6.07 Å². The van der Waals surface area contributed by atoms with Crippen molar-refractivity contribution in [3.05, 3.63) is 23.4 Å². The fourth-order valence-electron chi connectivity index (χ4n) is 1.21. The lowest BCUT2D eigenvalue weighted by Crippen LogP contribution is -2.00. The summed E-state index contributed by atoms with van der Waals surface area (Å²) in [5.41, 5.74) is 1.49. The summed E-state index contributed by atoms with van der Waals surface area (Å²) >= 11 is 1.59. The van der Waals surface area contributed by atoms with Crippen molar-refractivity contribution in [3.63, 3.8) is 0 Å². The average molecular weight is 222 g/mol. The van der Waals surface area contributed by atoms with Crippen LogP contribution in [0.5, 0.6) is 0 Å². The molecule has 0 aliphatic heterocycles. The number of aryl methyl sites for hydroxylation is 1. The maximum Gasteiger partial charge on any atom is 0.0993 e. The maximum atomic E-state index is 8.80. The van der Waals surface area contributed by atoms with E-state index in [9.17, 15) is 0 Å². The van der Waals surface area contributed by atoms with Crippen LogP contribution in [0.3, 0.4) is 0 Å². The Morgan fingerprint density at radius 2 is 2.33 bits per heavy atom. The predicted octanol–water partition coefficient (Wildman–Crippen LogP) is 2.12. The van der Waals surface area contributed by atoms with E-state index in [1.165, 1.54) is 0 Å². The second kappa shape index (κ2) is 5.74. The van der Waals surface area contributed by atoms with Gasteiger partial charge in [-0.2, -0.15) is 5.26 Å². The van der Waals surface area contributed by atoms with Gasteiger partial charge in [0, 0.05) is 17.6 Å². The highest BCUT2D eigenvalue weighted by Crippen LogP contribution is 2.24. The minimum Gasteiger partial charge on any atom is -0.396 e. The number of nitrogens with zero attached hydrogens (tertiary/aromatic N) is 2. The number of thioether (sulfide) groups is 1. The standard InChI is InChI=1S/C11H14N2OS/c1-8-5-10(7-12)6-11(13-8)15-9(2)3-4-14/h5-6,9,14H,3-4H2,1-2H3. The zero-order valence-electron chi connectivity index (χ0n) is 8.90. The molecule has 0 saturated carbocycles. The number of aliphatic hydroxyl groups excluding tert-OH is 1. The van der Waals surface area contributed by atoms with E-state index in [4.69, 9.17) is 10.4 Å². The van der Waals surface area contributed by atoms with E-state index in [2.05, 4.69) is 11.1 Å². The molecule has 1 atom stereocenters. The normalized spacial score (nSPS) is 12.1. The Labute approximate surface area is 94.2 Å². The van der Waals surface area contributed by atoms with Gasteiger partial charge in [-0.05, 0) is 25.5 Å². The van der Waals surface area contributed by atoms with E-state index in [1.807, 2.05) is 13.8 Å². The summed E-state index contributed by atoms with van der Waals surface area (Å²) in [6.07, 6.45) is 0.738. The SMILES string of the molecule is Cc1cc(C#N)cc(SC(C)CCO)n1. The van der Waals surface area contributed by atoms with Crippen LogP contribution in [0, 0.1) is 18.3 Å². The van der Waals surface area contributed by atoms with Crippen LogP contribution >= 0.6 is 11.8 Å². The molecule has 0 spiro atoms. The van der Waals surface area contributed by atoms with Gasteiger partial charge in [0.2, 0.25) is 0 Å².